The number of nitrogens with zero attached hydrogens (tertiary/aromatic N) is 2. The maximum absolute atomic E-state index is 10.6. The van der Waals surface area contributed by atoms with E-state index in [9.17, 15) is 14.9 Å². The van der Waals surface area contributed by atoms with Crippen LogP contribution in [-0.4, -0.2) is 34.7 Å². The lowest BCUT2D eigenvalue weighted by Gasteiger charge is -2.12. The first-order valence-electron chi connectivity index (χ1n) is 4.15. The first kappa shape index (κ1) is 13.1. The van der Waals surface area contributed by atoms with E-state index in [1.807, 2.05) is 0 Å². The summed E-state index contributed by atoms with van der Waals surface area (Å²) in [6.45, 7) is 0.331. The summed E-state index contributed by atoms with van der Waals surface area (Å²) in [7, 11) is 0. The Kier molecular flexibility index (Phi) is 5.71. The second-order valence-electron chi connectivity index (χ2n) is 2.69. The topological polar surface area (TPSA) is 157 Å². The number of aliphatic carboxylic acids is 1. The highest BCUT2D eigenvalue weighted by Crippen LogP contribution is 1.95. The van der Waals surface area contributed by atoms with Gasteiger partial charge in [0.25, 0.3) is 5.96 Å². The van der Waals surface area contributed by atoms with Gasteiger partial charge in [-0.05, 0) is 19.4 Å². The van der Waals surface area contributed by atoms with Crippen molar-refractivity contribution < 1.29 is 14.9 Å². The van der Waals surface area contributed by atoms with E-state index in [2.05, 4.69) is 10.4 Å². The van der Waals surface area contributed by atoms with Gasteiger partial charge in [-0.15, -0.1) is 0 Å². The van der Waals surface area contributed by atoms with Crippen molar-refractivity contribution in [3.05, 3.63) is 10.1 Å². The number of nitrogens with two attached hydrogens (primary N) is 2. The standard InChI is InChI=1S/C6H13N5O4/c7-3-1-2-4(5(12)13)9-6(8)10-11(14)15/h4H,1-3,7H2,(H,12,13)(H3,8,9,10). The number of carboxylic acids is 1. The number of guanidine groups is 1. The third-order valence-electron chi connectivity index (χ3n) is 1.51. The van der Waals surface area contributed by atoms with Crippen LogP contribution in [-0.2, 0) is 4.79 Å². The molecule has 0 amide bonds. The molecule has 15 heavy (non-hydrogen) atoms. The molecule has 0 aliphatic heterocycles. The number of nitrogens with one attached hydrogen (secondary N) is 1. The van der Waals surface area contributed by atoms with Crippen molar-refractivity contribution in [3.63, 3.8) is 0 Å². The van der Waals surface area contributed by atoms with Crippen LogP contribution in [0.1, 0.15) is 12.8 Å². The molecule has 0 aromatic heterocycles. The fraction of sp³-hybridized carbons (Fsp3) is 0.667. The Morgan fingerprint density at radius 2 is 2.27 bits per heavy atom. The molecule has 0 bridgehead atoms. The highest BCUT2D eigenvalue weighted by Gasteiger charge is 2.18. The molecule has 0 saturated heterocycles. The molecule has 0 spiro atoms. The predicted molar refractivity (Wildman–Crippen MR) is 51.5 cm³/mol. The van der Waals surface area contributed by atoms with Crippen molar-refractivity contribution in [3.8, 4) is 0 Å². The Bertz CT molecular complexity index is 266. The fourth-order valence-electron chi connectivity index (χ4n) is 0.875. The normalized spacial score (nSPS) is 13.3. The maximum Gasteiger partial charge on any atom is 0.326 e. The fourth-order valence-corrected chi connectivity index (χ4v) is 0.875. The van der Waals surface area contributed by atoms with Crippen molar-refractivity contribution in [1.29, 1.82) is 0 Å². The summed E-state index contributed by atoms with van der Waals surface area (Å²) in [5.41, 5.74) is 10.3. The van der Waals surface area contributed by atoms with Crippen molar-refractivity contribution in [1.82, 2.24) is 5.32 Å². The lowest BCUT2D eigenvalue weighted by atomic mass is 10.1. The molecule has 0 aliphatic carbocycles. The highest BCUT2D eigenvalue weighted by atomic mass is 16.7. The van der Waals surface area contributed by atoms with Gasteiger partial charge in [0.1, 0.15) is 11.1 Å². The largest absolute Gasteiger partial charge is 0.480 e. The third-order valence-corrected chi connectivity index (χ3v) is 1.51. The number of hydrogen-bond acceptors (Lipinski definition) is 4. The number of carbonyl (C=O) groups is 1. The van der Waals surface area contributed by atoms with E-state index in [4.69, 9.17) is 16.6 Å². The average Bonchev–Trinajstić information content (AvgIpc) is 2.10. The Morgan fingerprint density at radius 3 is 2.67 bits per heavy atom. The Balaban J connectivity index is 4.28. The molecule has 1 unspecified atom stereocenters. The van der Waals surface area contributed by atoms with Gasteiger partial charge < -0.3 is 21.9 Å². The summed E-state index contributed by atoms with van der Waals surface area (Å²) in [6, 6.07) is -1.02. The lowest BCUT2D eigenvalue weighted by Crippen LogP contribution is -2.45. The Labute approximate surface area is 85.3 Å². The average molecular weight is 219 g/mol. The number of carboxylic acid groups (broad SMARTS) is 1. The van der Waals surface area contributed by atoms with E-state index in [0.29, 0.717) is 13.0 Å². The predicted octanol–water partition coefficient (Wildman–Crippen LogP) is -1.73. The first-order valence-corrected chi connectivity index (χ1v) is 4.15. The highest BCUT2D eigenvalue weighted by molar-refractivity contribution is 5.84. The zero-order valence-corrected chi connectivity index (χ0v) is 7.92. The summed E-state index contributed by atoms with van der Waals surface area (Å²) in [5, 5.41) is 22.5. The molecule has 0 heterocycles. The number of hydrazone groups is 1. The van der Waals surface area contributed by atoms with Crippen LogP contribution in [0.15, 0.2) is 5.10 Å². The minimum Gasteiger partial charge on any atom is -0.480 e. The van der Waals surface area contributed by atoms with Gasteiger partial charge in [0.2, 0.25) is 0 Å². The van der Waals surface area contributed by atoms with Crippen LogP contribution in [0.5, 0.6) is 0 Å². The summed E-state index contributed by atoms with van der Waals surface area (Å²) in [4.78, 5) is 20.5. The van der Waals surface area contributed by atoms with Crippen molar-refractivity contribution in [2.45, 2.75) is 18.9 Å². The zero-order valence-electron chi connectivity index (χ0n) is 7.92. The van der Waals surface area contributed by atoms with Gasteiger partial charge in [-0.1, -0.05) is 0 Å². The van der Waals surface area contributed by atoms with Crippen LogP contribution < -0.4 is 16.8 Å². The number of hydrogen-bond donors (Lipinski definition) is 4. The van der Waals surface area contributed by atoms with E-state index in [-0.39, 0.29) is 6.42 Å². The van der Waals surface area contributed by atoms with Gasteiger partial charge in [-0.3, -0.25) is 0 Å². The van der Waals surface area contributed by atoms with Gasteiger partial charge in [0, 0.05) is 0 Å². The molecule has 86 valence electrons. The molecule has 1 atom stereocenters. The third kappa shape index (κ3) is 6.21. The molecule has 0 saturated carbocycles. The van der Waals surface area contributed by atoms with Gasteiger partial charge >= 0.3 is 5.97 Å². The minimum atomic E-state index is -1.16. The van der Waals surface area contributed by atoms with Crippen molar-refractivity contribution >= 4 is 11.9 Å². The van der Waals surface area contributed by atoms with Gasteiger partial charge in [-0.25, -0.2) is 14.9 Å². The molecule has 0 fully saturated rings. The number of rotatable bonds is 6. The van der Waals surface area contributed by atoms with Gasteiger partial charge in [0.15, 0.2) is 5.03 Å². The Hall–Kier alpha value is -1.90. The Morgan fingerprint density at radius 1 is 1.67 bits per heavy atom. The van der Waals surface area contributed by atoms with E-state index in [1.165, 1.54) is 0 Å². The summed E-state index contributed by atoms with van der Waals surface area (Å²) in [6.07, 6.45) is 0.690. The molecule has 0 radical (unpaired) electrons. The minimum absolute atomic E-state index is 0.222. The molecular weight excluding hydrogens is 206 g/mol. The number of nitro groups is 1. The molecule has 0 aromatic carbocycles. The van der Waals surface area contributed by atoms with Gasteiger partial charge in [-0.2, -0.15) is 0 Å². The summed E-state index contributed by atoms with van der Waals surface area (Å²) >= 11 is 0. The van der Waals surface area contributed by atoms with Crippen LogP contribution >= 0.6 is 0 Å². The molecule has 0 aromatic rings. The molecule has 9 heteroatoms. The van der Waals surface area contributed by atoms with Crippen LogP contribution in [0.3, 0.4) is 0 Å². The quantitative estimate of drug-likeness (QED) is 0.179. The van der Waals surface area contributed by atoms with E-state index < -0.39 is 23.0 Å². The molecule has 0 aliphatic rings. The molecule has 6 N–H and O–H groups in total. The van der Waals surface area contributed by atoms with Crippen LogP contribution in [0, 0.1) is 10.1 Å². The van der Waals surface area contributed by atoms with E-state index in [0.717, 1.165) is 0 Å². The second kappa shape index (κ2) is 6.54. The van der Waals surface area contributed by atoms with E-state index in [1.54, 1.807) is 0 Å². The maximum atomic E-state index is 10.6. The monoisotopic (exact) mass is 219 g/mol. The van der Waals surface area contributed by atoms with Crippen LogP contribution in [0.25, 0.3) is 0 Å². The van der Waals surface area contributed by atoms with E-state index >= 15 is 0 Å². The second-order valence-corrected chi connectivity index (χ2v) is 2.69. The molecule has 0 rings (SSSR count). The SMILES string of the molecule is NCCCC(N/C(N)=N/[N+](=O)[O-])C(=O)O. The first-order chi connectivity index (χ1) is 6.97. The van der Waals surface area contributed by atoms with Crippen LogP contribution in [0.4, 0.5) is 0 Å². The zero-order chi connectivity index (χ0) is 11.8. The summed E-state index contributed by atoms with van der Waals surface area (Å²) in [5.74, 6) is -1.70. The van der Waals surface area contributed by atoms with Gasteiger partial charge in [0.05, 0.1) is 0 Å². The van der Waals surface area contributed by atoms with Crippen molar-refractivity contribution in [2.75, 3.05) is 6.54 Å². The smallest absolute Gasteiger partial charge is 0.326 e. The van der Waals surface area contributed by atoms with Crippen molar-refractivity contribution in [2.24, 2.45) is 16.6 Å². The molecule has 9 nitrogen and oxygen atoms in total. The summed E-state index contributed by atoms with van der Waals surface area (Å²) < 4.78 is 0. The van der Waals surface area contributed by atoms with Crippen LogP contribution in [0.2, 0.25) is 0 Å². The lowest BCUT2D eigenvalue weighted by molar-refractivity contribution is -0.485. The molecular formula is C6H13N5O4.